The molecule has 0 aliphatic carbocycles. The third kappa shape index (κ3) is 2.40. The van der Waals surface area contributed by atoms with Crippen LogP contribution in [0.2, 0.25) is 0 Å². The molecular weight excluding hydrogens is 251 g/mol. The van der Waals surface area contributed by atoms with E-state index < -0.39 is 0 Å². The van der Waals surface area contributed by atoms with Crippen molar-refractivity contribution >= 4 is 0 Å². The van der Waals surface area contributed by atoms with Crippen LogP contribution in [0.4, 0.5) is 0 Å². The zero-order valence-electron chi connectivity index (χ0n) is 10.2. The van der Waals surface area contributed by atoms with E-state index in [1.54, 1.807) is 0 Å². The predicted molar refractivity (Wildman–Crippen MR) is 53.4 cm³/mol. The second-order valence-electron chi connectivity index (χ2n) is 5.45. The first-order valence-electron chi connectivity index (χ1n) is 5.01. The van der Waals surface area contributed by atoms with Crippen LogP contribution in [0.1, 0.15) is 48.0 Å². The van der Waals surface area contributed by atoms with Gasteiger partial charge in [0.05, 0.1) is 0 Å². The largest absolute Gasteiger partial charge is 0.292 e. The molecule has 3 heteroatoms. The normalized spacial score (nSPS) is 32.4. The van der Waals surface area contributed by atoms with Crippen LogP contribution in [0.25, 0.3) is 0 Å². The molecule has 14 heavy (non-hydrogen) atoms. The van der Waals surface area contributed by atoms with Crippen LogP contribution in [0.15, 0.2) is 0 Å². The van der Waals surface area contributed by atoms with Gasteiger partial charge in [0.2, 0.25) is 0 Å². The molecule has 0 aromatic heterocycles. The molecule has 80 valence electrons. The fourth-order valence-electron chi connectivity index (χ4n) is 2.51. The summed E-state index contributed by atoms with van der Waals surface area (Å²) < 4.78 is 0. The van der Waals surface area contributed by atoms with Crippen LogP contribution in [-0.4, -0.2) is 16.1 Å². The third-order valence-electron chi connectivity index (χ3n) is 3.57. The zero-order valence-corrected chi connectivity index (χ0v) is 13.1. The summed E-state index contributed by atoms with van der Waals surface area (Å²) in [5, 5.41) is 13.3. The maximum atomic E-state index is 12.0. The van der Waals surface area contributed by atoms with Gasteiger partial charge in [-0.3, -0.25) is 5.92 Å². The Morgan fingerprint density at radius 1 is 1.29 bits per heavy atom. The van der Waals surface area contributed by atoms with Gasteiger partial charge in [-0.05, 0) is 13.8 Å². The average Bonchev–Trinajstić information content (AvgIpc) is 1.98. The van der Waals surface area contributed by atoms with Gasteiger partial charge in [-0.1, -0.05) is 32.7 Å². The Hall–Kier alpha value is 1.02. The average molecular weight is 272 g/mol. The topological polar surface area (TPSA) is 23.1 Å². The molecule has 0 aromatic carbocycles. The molecule has 1 atom stereocenters. The summed E-state index contributed by atoms with van der Waals surface area (Å²) in [6.07, 6.45) is 0.964. The first-order chi connectivity index (χ1) is 5.69. The number of hydrogen-bond acceptors (Lipinski definition) is 1. The smallest absolute Gasteiger partial charge is 0.0392 e. The molecule has 1 saturated heterocycles. The van der Waals surface area contributed by atoms with Gasteiger partial charge in [-0.25, -0.2) is 0 Å². The third-order valence-corrected chi connectivity index (χ3v) is 3.57. The molecule has 1 aliphatic rings. The summed E-state index contributed by atoms with van der Waals surface area (Å²) in [7, 11) is 0. The van der Waals surface area contributed by atoms with Gasteiger partial charge in [0.15, 0.2) is 0 Å². The van der Waals surface area contributed by atoms with Crippen molar-refractivity contribution in [2.45, 2.75) is 59.0 Å². The molecule has 0 aromatic rings. The second-order valence-corrected chi connectivity index (χ2v) is 5.45. The Balaban J connectivity index is 0.00000169. The molecule has 2 nitrogen and oxygen atoms in total. The molecule has 0 saturated carbocycles. The van der Waals surface area contributed by atoms with Crippen molar-refractivity contribution < 1.29 is 37.9 Å². The predicted octanol–water partition coefficient (Wildman–Crippen LogP) is 2.82. The Morgan fingerprint density at radius 2 is 1.71 bits per heavy atom. The van der Waals surface area contributed by atoms with Crippen molar-refractivity contribution in [3.05, 3.63) is 5.92 Å². The number of hydrogen-bond donors (Lipinski definition) is 0. The number of hydroxylamine groups is 2. The van der Waals surface area contributed by atoms with E-state index in [2.05, 4.69) is 13.8 Å². The van der Waals surface area contributed by atoms with Crippen molar-refractivity contribution in [3.63, 3.8) is 0 Å². The van der Waals surface area contributed by atoms with Crippen molar-refractivity contribution in [1.82, 2.24) is 5.06 Å². The molecular formula is C11H21NOY-. The first-order valence-corrected chi connectivity index (χ1v) is 5.01. The van der Waals surface area contributed by atoms with Crippen LogP contribution in [0.5, 0.6) is 0 Å². The Morgan fingerprint density at radius 3 is 2.14 bits per heavy atom. The van der Waals surface area contributed by atoms with Crippen molar-refractivity contribution in [1.29, 1.82) is 0 Å². The molecule has 1 heterocycles. The maximum Gasteiger partial charge on any atom is 0.0392 e. The Kier molecular flexibility index (Phi) is 4.82. The quantitative estimate of drug-likeness (QED) is 0.622. The number of nitrogens with zero attached hydrogens (tertiary/aromatic N) is 1. The van der Waals surface area contributed by atoms with Gasteiger partial charge in [0, 0.05) is 38.2 Å². The zero-order chi connectivity index (χ0) is 10.4. The molecule has 1 fully saturated rings. The van der Waals surface area contributed by atoms with E-state index in [1.807, 2.05) is 27.7 Å². The van der Waals surface area contributed by atoms with Crippen LogP contribution in [0, 0.1) is 11.8 Å². The van der Waals surface area contributed by atoms with Crippen LogP contribution < -0.4 is 0 Å². The molecule has 0 amide bonds. The van der Waals surface area contributed by atoms with E-state index in [4.69, 9.17) is 0 Å². The summed E-state index contributed by atoms with van der Waals surface area (Å²) in [5.74, 6) is 1.86. The Bertz CT molecular complexity index is 203. The first kappa shape index (κ1) is 15.0. The van der Waals surface area contributed by atoms with E-state index in [9.17, 15) is 5.21 Å². The van der Waals surface area contributed by atoms with Gasteiger partial charge in [-0.15, -0.1) is 5.21 Å². The molecule has 0 spiro atoms. The summed E-state index contributed by atoms with van der Waals surface area (Å²) >= 11 is 0. The maximum absolute atomic E-state index is 12.0. The van der Waals surface area contributed by atoms with Gasteiger partial charge < -0.3 is 0 Å². The molecule has 1 unspecified atom stereocenters. The Labute approximate surface area is 113 Å². The van der Waals surface area contributed by atoms with E-state index in [0.29, 0.717) is 5.92 Å². The van der Waals surface area contributed by atoms with E-state index in [1.165, 1.54) is 11.0 Å². The molecule has 2 radical (unpaired) electrons. The fraction of sp³-hybridized carbons (Fsp3) is 0.909. The number of rotatable bonds is 0. The standard InChI is InChI=1S/C11H21NO.Y/c1-8-7-10(3,4)12(13)11(5,6)9(8)2;/h8H,7H2,1-6H3;/q-1;. The van der Waals surface area contributed by atoms with Crippen molar-refractivity contribution in [2.75, 3.05) is 0 Å². The summed E-state index contributed by atoms with van der Waals surface area (Å²) in [5.41, 5.74) is -0.524. The van der Waals surface area contributed by atoms with Gasteiger partial charge >= 0.3 is 0 Å². The molecule has 1 aliphatic heterocycles. The van der Waals surface area contributed by atoms with Gasteiger partial charge in [0.25, 0.3) is 0 Å². The molecule has 0 N–H and O–H groups in total. The SMILES string of the molecule is C[C-]1C(C)CC(C)(C)N([O])C1(C)C.[Y]. The summed E-state index contributed by atoms with van der Waals surface area (Å²) in [6.45, 7) is 12.4. The van der Waals surface area contributed by atoms with Gasteiger partial charge in [-0.2, -0.15) is 17.9 Å². The van der Waals surface area contributed by atoms with Crippen LogP contribution in [0.3, 0.4) is 0 Å². The van der Waals surface area contributed by atoms with Crippen molar-refractivity contribution in [2.24, 2.45) is 5.92 Å². The molecule has 0 bridgehead atoms. The second kappa shape index (κ2) is 4.49. The van der Waals surface area contributed by atoms with Crippen LogP contribution >= 0.6 is 0 Å². The van der Waals surface area contributed by atoms with E-state index in [-0.39, 0.29) is 43.8 Å². The minimum atomic E-state index is -0.304. The minimum absolute atomic E-state index is 0. The summed E-state index contributed by atoms with van der Waals surface area (Å²) in [4.78, 5) is 0. The number of piperidine rings is 1. The van der Waals surface area contributed by atoms with Gasteiger partial charge in [0.1, 0.15) is 0 Å². The minimum Gasteiger partial charge on any atom is -0.292 e. The fourth-order valence-corrected chi connectivity index (χ4v) is 2.51. The summed E-state index contributed by atoms with van der Waals surface area (Å²) in [6, 6.07) is 0. The van der Waals surface area contributed by atoms with E-state index in [0.717, 1.165) is 6.42 Å². The van der Waals surface area contributed by atoms with E-state index >= 15 is 0 Å². The van der Waals surface area contributed by atoms with Crippen LogP contribution in [-0.2, 0) is 37.9 Å². The molecule has 1 rings (SSSR count). The monoisotopic (exact) mass is 272 g/mol. The van der Waals surface area contributed by atoms with Crippen molar-refractivity contribution in [3.8, 4) is 0 Å².